The zero-order valence-electron chi connectivity index (χ0n) is 20.8. The van der Waals surface area contributed by atoms with Gasteiger partial charge < -0.3 is 14.8 Å². The highest BCUT2D eigenvalue weighted by Crippen LogP contribution is 2.24. The molecular formula is C29H33N5OS. The number of nitrogens with zero attached hydrogens (tertiary/aromatic N) is 4. The molecule has 0 saturated carbocycles. The van der Waals surface area contributed by atoms with E-state index < -0.39 is 0 Å². The third kappa shape index (κ3) is 5.74. The molecule has 0 radical (unpaired) electrons. The van der Waals surface area contributed by atoms with E-state index in [4.69, 9.17) is 4.98 Å². The molecule has 1 aliphatic rings. The van der Waals surface area contributed by atoms with Gasteiger partial charge in [-0.3, -0.25) is 9.69 Å². The summed E-state index contributed by atoms with van der Waals surface area (Å²) in [5.74, 6) is 0.383. The largest absolute Gasteiger partial charge is 0.369 e. The van der Waals surface area contributed by atoms with E-state index in [-0.39, 0.29) is 5.91 Å². The van der Waals surface area contributed by atoms with Gasteiger partial charge in [0, 0.05) is 51.5 Å². The summed E-state index contributed by atoms with van der Waals surface area (Å²) in [5.41, 5.74) is 5.85. The number of carbonyl (C=O) groups excluding carboxylic acids is 1. The number of hydrogen-bond acceptors (Lipinski definition) is 5. The number of piperazine rings is 1. The first-order chi connectivity index (χ1) is 17.7. The highest BCUT2D eigenvalue weighted by atomic mass is 32.2. The topological polar surface area (TPSA) is 53.4 Å². The van der Waals surface area contributed by atoms with Gasteiger partial charge in [-0.1, -0.05) is 66.4 Å². The predicted octanol–water partition coefficient (Wildman–Crippen LogP) is 4.79. The van der Waals surface area contributed by atoms with E-state index in [2.05, 4.69) is 87.3 Å². The van der Waals surface area contributed by atoms with Crippen molar-refractivity contribution < 1.29 is 4.79 Å². The number of rotatable bonds is 9. The van der Waals surface area contributed by atoms with Gasteiger partial charge in [0.15, 0.2) is 5.16 Å². The number of benzene rings is 3. The molecule has 1 aromatic heterocycles. The average Bonchev–Trinajstić information content (AvgIpc) is 3.30. The summed E-state index contributed by atoms with van der Waals surface area (Å²) >= 11 is 1.50. The third-order valence-electron chi connectivity index (χ3n) is 6.75. The van der Waals surface area contributed by atoms with Gasteiger partial charge in [-0.05, 0) is 42.3 Å². The lowest BCUT2D eigenvalue weighted by Crippen LogP contribution is -2.46. The Morgan fingerprint density at radius 2 is 1.58 bits per heavy atom. The maximum absolute atomic E-state index is 12.7. The molecule has 2 heterocycles. The van der Waals surface area contributed by atoms with E-state index in [1.54, 1.807) is 0 Å². The van der Waals surface area contributed by atoms with Gasteiger partial charge in [0.2, 0.25) is 5.91 Å². The number of hydrogen-bond donors (Lipinski definition) is 1. The van der Waals surface area contributed by atoms with Crippen LogP contribution >= 0.6 is 11.8 Å². The number of aryl methyl sites for hydroxylation is 1. The van der Waals surface area contributed by atoms with Crippen molar-refractivity contribution in [3.63, 3.8) is 0 Å². The Kier molecular flexibility index (Phi) is 7.88. The van der Waals surface area contributed by atoms with Gasteiger partial charge in [-0.25, -0.2) is 4.98 Å². The van der Waals surface area contributed by atoms with Gasteiger partial charge in [0.05, 0.1) is 16.8 Å². The third-order valence-corrected chi connectivity index (χ3v) is 7.73. The standard InChI is InChI=1S/C29H33N5OS/c1-2-34-27-15-9-8-14-26(27)31-29(34)36-22-28(35)30-20-23-10-6-7-11-24(23)21-32-16-18-33(19-17-32)25-12-4-3-5-13-25/h3-15H,2,16-22H2,1H3,(H,30,35). The van der Waals surface area contributed by atoms with Gasteiger partial charge in [-0.15, -0.1) is 0 Å². The Hall–Kier alpha value is -3.29. The fourth-order valence-corrected chi connectivity index (χ4v) is 5.68. The Labute approximate surface area is 217 Å². The number of amides is 1. The zero-order valence-corrected chi connectivity index (χ0v) is 21.6. The van der Waals surface area contributed by atoms with Crippen molar-refractivity contribution in [3.8, 4) is 0 Å². The van der Waals surface area contributed by atoms with Crippen LogP contribution in [0.3, 0.4) is 0 Å². The van der Waals surface area contributed by atoms with E-state index in [9.17, 15) is 4.79 Å². The summed E-state index contributed by atoms with van der Waals surface area (Å²) in [6.07, 6.45) is 0. The molecule has 1 fully saturated rings. The monoisotopic (exact) mass is 499 g/mol. The van der Waals surface area contributed by atoms with Crippen molar-refractivity contribution in [1.82, 2.24) is 19.8 Å². The molecule has 7 heteroatoms. The summed E-state index contributed by atoms with van der Waals surface area (Å²) in [6.45, 7) is 8.52. The molecule has 1 amide bonds. The molecule has 6 nitrogen and oxygen atoms in total. The van der Waals surface area contributed by atoms with Crippen LogP contribution in [-0.2, 0) is 24.4 Å². The molecule has 1 saturated heterocycles. The average molecular weight is 500 g/mol. The van der Waals surface area contributed by atoms with Crippen LogP contribution < -0.4 is 10.2 Å². The maximum Gasteiger partial charge on any atom is 0.230 e. The van der Waals surface area contributed by atoms with E-state index in [1.165, 1.54) is 28.6 Å². The minimum absolute atomic E-state index is 0.0287. The molecule has 0 bridgehead atoms. The second-order valence-electron chi connectivity index (χ2n) is 9.06. The number of anilines is 1. The summed E-state index contributed by atoms with van der Waals surface area (Å²) in [5, 5.41) is 4.02. The maximum atomic E-state index is 12.7. The first kappa shape index (κ1) is 24.4. The summed E-state index contributed by atoms with van der Waals surface area (Å²) in [6, 6.07) is 27.2. The number of aromatic nitrogens is 2. The van der Waals surface area contributed by atoms with Crippen molar-refractivity contribution in [2.45, 2.75) is 31.7 Å². The van der Waals surface area contributed by atoms with E-state index >= 15 is 0 Å². The van der Waals surface area contributed by atoms with Crippen LogP contribution in [0.1, 0.15) is 18.1 Å². The smallest absolute Gasteiger partial charge is 0.230 e. The minimum Gasteiger partial charge on any atom is -0.369 e. The molecule has 0 aliphatic carbocycles. The highest BCUT2D eigenvalue weighted by molar-refractivity contribution is 7.99. The Balaban J connectivity index is 1.13. The molecule has 36 heavy (non-hydrogen) atoms. The lowest BCUT2D eigenvalue weighted by molar-refractivity contribution is -0.118. The zero-order chi connectivity index (χ0) is 24.7. The number of carbonyl (C=O) groups is 1. The van der Waals surface area contributed by atoms with Crippen LogP contribution in [0.4, 0.5) is 5.69 Å². The number of para-hydroxylation sites is 3. The lowest BCUT2D eigenvalue weighted by atomic mass is 10.1. The lowest BCUT2D eigenvalue weighted by Gasteiger charge is -2.36. The van der Waals surface area contributed by atoms with E-state index in [0.29, 0.717) is 12.3 Å². The summed E-state index contributed by atoms with van der Waals surface area (Å²) < 4.78 is 2.17. The van der Waals surface area contributed by atoms with Crippen molar-refractivity contribution in [3.05, 3.63) is 90.0 Å². The fraction of sp³-hybridized carbons (Fsp3) is 0.310. The SMILES string of the molecule is CCn1c(SCC(=O)NCc2ccccc2CN2CCN(c3ccccc3)CC2)nc2ccccc21. The molecule has 0 unspecified atom stereocenters. The van der Waals surface area contributed by atoms with Crippen molar-refractivity contribution in [1.29, 1.82) is 0 Å². The molecule has 0 atom stereocenters. The molecule has 186 valence electrons. The first-order valence-corrected chi connectivity index (χ1v) is 13.6. The van der Waals surface area contributed by atoms with Gasteiger partial charge in [0.1, 0.15) is 0 Å². The second kappa shape index (κ2) is 11.6. The minimum atomic E-state index is 0.0287. The summed E-state index contributed by atoms with van der Waals surface area (Å²) in [7, 11) is 0. The van der Waals surface area contributed by atoms with Gasteiger partial charge in [-0.2, -0.15) is 0 Å². The highest BCUT2D eigenvalue weighted by Gasteiger charge is 2.18. The normalized spacial score (nSPS) is 14.3. The summed E-state index contributed by atoms with van der Waals surface area (Å²) in [4.78, 5) is 22.4. The fourth-order valence-electron chi connectivity index (χ4n) is 4.77. The number of fused-ring (bicyclic) bond motifs is 1. The number of thioether (sulfide) groups is 1. The predicted molar refractivity (Wildman–Crippen MR) is 148 cm³/mol. The molecule has 1 aliphatic heterocycles. The van der Waals surface area contributed by atoms with E-state index in [0.717, 1.165) is 55.5 Å². The van der Waals surface area contributed by atoms with Crippen molar-refractivity contribution in [2.75, 3.05) is 36.8 Å². The van der Waals surface area contributed by atoms with Crippen molar-refractivity contribution >= 4 is 34.4 Å². The van der Waals surface area contributed by atoms with Crippen molar-refractivity contribution in [2.24, 2.45) is 0 Å². The van der Waals surface area contributed by atoms with Gasteiger partial charge >= 0.3 is 0 Å². The van der Waals surface area contributed by atoms with Gasteiger partial charge in [0.25, 0.3) is 0 Å². The first-order valence-electron chi connectivity index (χ1n) is 12.6. The Morgan fingerprint density at radius 3 is 2.36 bits per heavy atom. The second-order valence-corrected chi connectivity index (χ2v) is 10.0. The molecule has 5 rings (SSSR count). The number of imidazole rings is 1. The number of nitrogens with one attached hydrogen (secondary N) is 1. The van der Waals surface area contributed by atoms with Crippen LogP contribution in [0, 0.1) is 0 Å². The molecular weight excluding hydrogens is 466 g/mol. The van der Waals surface area contributed by atoms with Crippen LogP contribution in [0.2, 0.25) is 0 Å². The van der Waals surface area contributed by atoms with Crippen LogP contribution in [-0.4, -0.2) is 52.3 Å². The Morgan fingerprint density at radius 1 is 0.889 bits per heavy atom. The van der Waals surface area contributed by atoms with Crippen LogP contribution in [0.5, 0.6) is 0 Å². The quantitative estimate of drug-likeness (QED) is 0.336. The molecule has 0 spiro atoms. The molecule has 3 aromatic carbocycles. The molecule has 4 aromatic rings. The van der Waals surface area contributed by atoms with Crippen LogP contribution in [0.15, 0.2) is 84.0 Å². The molecule has 1 N–H and O–H groups in total. The van der Waals surface area contributed by atoms with Crippen LogP contribution in [0.25, 0.3) is 11.0 Å². The van der Waals surface area contributed by atoms with E-state index in [1.807, 2.05) is 18.2 Å². The Bertz CT molecular complexity index is 1300.